The molecule has 1 N–H and O–H groups in total. The summed E-state index contributed by atoms with van der Waals surface area (Å²) in [5.74, 6) is -0.00592. The van der Waals surface area contributed by atoms with Crippen LogP contribution in [0.4, 0.5) is 0 Å². The fraction of sp³-hybridized carbons (Fsp3) is 0.333. The van der Waals surface area contributed by atoms with Crippen molar-refractivity contribution < 1.29 is 9.53 Å². The maximum Gasteiger partial charge on any atom is 0.254 e. The summed E-state index contributed by atoms with van der Waals surface area (Å²) in [6, 6.07) is 7.31. The molecule has 0 saturated carbocycles. The van der Waals surface area contributed by atoms with Gasteiger partial charge in [-0.15, -0.1) is 10.2 Å². The van der Waals surface area contributed by atoms with Gasteiger partial charge in [0.05, 0.1) is 24.9 Å². The van der Waals surface area contributed by atoms with Gasteiger partial charge in [-0.05, 0) is 38.1 Å². The molecule has 1 amide bonds. The predicted molar refractivity (Wildman–Crippen MR) is 94.0 cm³/mol. The van der Waals surface area contributed by atoms with E-state index in [0.717, 1.165) is 22.6 Å². The largest absolute Gasteiger partial charge is 0.377 e. The molecule has 8 heteroatoms. The molecule has 0 aliphatic carbocycles. The zero-order valence-corrected chi connectivity index (χ0v) is 14.7. The van der Waals surface area contributed by atoms with Crippen LogP contribution in [0.15, 0.2) is 36.9 Å². The van der Waals surface area contributed by atoms with Crippen molar-refractivity contribution in [2.75, 3.05) is 19.8 Å². The van der Waals surface area contributed by atoms with Gasteiger partial charge in [0.2, 0.25) is 0 Å². The Morgan fingerprint density at radius 3 is 2.58 bits per heavy atom. The van der Waals surface area contributed by atoms with E-state index in [1.807, 2.05) is 43.0 Å². The number of aromatic amines is 1. The molecule has 1 atom stereocenters. The minimum absolute atomic E-state index is 0.00592. The summed E-state index contributed by atoms with van der Waals surface area (Å²) >= 11 is 0. The van der Waals surface area contributed by atoms with Crippen LogP contribution in [0, 0.1) is 13.8 Å². The lowest BCUT2D eigenvalue weighted by molar-refractivity contribution is -0.00301. The highest BCUT2D eigenvalue weighted by Gasteiger charge is 2.32. The number of aryl methyl sites for hydroxylation is 2. The van der Waals surface area contributed by atoms with Crippen LogP contribution in [0.1, 0.15) is 33.4 Å². The molecule has 0 spiro atoms. The number of amides is 1. The summed E-state index contributed by atoms with van der Waals surface area (Å²) in [5.41, 5.74) is 4.47. The molecular weight excluding hydrogens is 332 g/mol. The average molecular weight is 352 g/mol. The van der Waals surface area contributed by atoms with Gasteiger partial charge in [-0.1, -0.05) is 0 Å². The molecule has 0 radical (unpaired) electrons. The summed E-state index contributed by atoms with van der Waals surface area (Å²) in [7, 11) is 0. The van der Waals surface area contributed by atoms with E-state index in [2.05, 4.69) is 20.4 Å². The van der Waals surface area contributed by atoms with Crippen LogP contribution in [0.25, 0.3) is 5.69 Å². The minimum atomic E-state index is -0.132. The zero-order valence-electron chi connectivity index (χ0n) is 14.7. The summed E-state index contributed by atoms with van der Waals surface area (Å²) in [6.07, 6.45) is 3.25. The van der Waals surface area contributed by atoms with Crippen LogP contribution in [0.3, 0.4) is 0 Å². The number of hydrogen-bond acceptors (Lipinski definition) is 5. The number of hydrogen-bond donors (Lipinski definition) is 1. The highest BCUT2D eigenvalue weighted by molar-refractivity contribution is 5.94. The number of nitrogens with zero attached hydrogens (tertiary/aromatic N) is 5. The summed E-state index contributed by atoms with van der Waals surface area (Å²) in [4.78, 5) is 15.0. The molecule has 1 unspecified atom stereocenters. The lowest BCUT2D eigenvalue weighted by Crippen LogP contribution is -2.43. The van der Waals surface area contributed by atoms with E-state index in [1.54, 1.807) is 17.2 Å². The van der Waals surface area contributed by atoms with Crippen molar-refractivity contribution >= 4 is 5.91 Å². The predicted octanol–water partition coefficient (Wildman–Crippen LogP) is 1.82. The number of ether oxygens (including phenoxy) is 1. The Balaban J connectivity index is 1.61. The van der Waals surface area contributed by atoms with Crippen LogP contribution in [0.2, 0.25) is 0 Å². The Morgan fingerprint density at radius 1 is 1.19 bits per heavy atom. The van der Waals surface area contributed by atoms with Crippen LogP contribution in [0.5, 0.6) is 0 Å². The van der Waals surface area contributed by atoms with Gasteiger partial charge in [0.1, 0.15) is 12.7 Å². The van der Waals surface area contributed by atoms with E-state index >= 15 is 0 Å². The first-order chi connectivity index (χ1) is 12.6. The lowest BCUT2D eigenvalue weighted by Gasteiger charge is -2.36. The molecule has 3 heterocycles. The third-order valence-corrected chi connectivity index (χ3v) is 4.74. The smallest absolute Gasteiger partial charge is 0.254 e. The topological polar surface area (TPSA) is 88.9 Å². The van der Waals surface area contributed by atoms with E-state index in [-0.39, 0.29) is 11.9 Å². The van der Waals surface area contributed by atoms with Gasteiger partial charge < -0.3 is 9.64 Å². The second-order valence-electron chi connectivity index (χ2n) is 6.35. The zero-order chi connectivity index (χ0) is 18.1. The van der Waals surface area contributed by atoms with Crippen LogP contribution >= 0.6 is 0 Å². The van der Waals surface area contributed by atoms with Gasteiger partial charge in [0.15, 0.2) is 0 Å². The lowest BCUT2D eigenvalue weighted by atomic mass is 10.0. The van der Waals surface area contributed by atoms with Gasteiger partial charge >= 0.3 is 0 Å². The van der Waals surface area contributed by atoms with Crippen molar-refractivity contribution in [1.29, 1.82) is 0 Å². The van der Waals surface area contributed by atoms with Crippen LogP contribution in [-0.4, -0.2) is 55.5 Å². The first-order valence-electron chi connectivity index (χ1n) is 8.50. The molecular formula is C18H20N6O2. The van der Waals surface area contributed by atoms with Crippen LogP contribution < -0.4 is 0 Å². The van der Waals surface area contributed by atoms with Crippen molar-refractivity contribution in [3.8, 4) is 5.69 Å². The van der Waals surface area contributed by atoms with E-state index < -0.39 is 0 Å². The third kappa shape index (κ3) is 2.88. The number of rotatable bonds is 3. The number of H-pyrrole nitrogens is 1. The second kappa shape index (κ2) is 6.72. The van der Waals surface area contributed by atoms with Gasteiger partial charge in [-0.25, -0.2) is 0 Å². The highest BCUT2D eigenvalue weighted by atomic mass is 16.5. The summed E-state index contributed by atoms with van der Waals surface area (Å²) in [5, 5.41) is 14.9. The molecule has 2 aromatic heterocycles. The van der Waals surface area contributed by atoms with Crippen molar-refractivity contribution in [3.05, 3.63) is 59.4 Å². The van der Waals surface area contributed by atoms with Crippen molar-refractivity contribution in [2.45, 2.75) is 19.9 Å². The van der Waals surface area contributed by atoms with E-state index in [0.29, 0.717) is 25.3 Å². The van der Waals surface area contributed by atoms with Crippen molar-refractivity contribution in [1.82, 2.24) is 29.9 Å². The van der Waals surface area contributed by atoms with Gasteiger partial charge in [-0.3, -0.25) is 14.5 Å². The van der Waals surface area contributed by atoms with Crippen molar-refractivity contribution in [2.24, 2.45) is 0 Å². The number of benzene rings is 1. The Kier molecular flexibility index (Phi) is 4.26. The Morgan fingerprint density at radius 2 is 1.92 bits per heavy atom. The highest BCUT2D eigenvalue weighted by Crippen LogP contribution is 2.29. The molecule has 1 saturated heterocycles. The quantitative estimate of drug-likeness (QED) is 0.777. The molecule has 1 fully saturated rings. The Hall–Kier alpha value is -3.00. The molecule has 134 valence electrons. The molecule has 26 heavy (non-hydrogen) atoms. The number of nitrogens with one attached hydrogen (secondary N) is 1. The second-order valence-corrected chi connectivity index (χ2v) is 6.35. The van der Waals surface area contributed by atoms with E-state index in [4.69, 9.17) is 4.74 Å². The summed E-state index contributed by atoms with van der Waals surface area (Å²) in [6.45, 7) is 5.49. The average Bonchev–Trinajstić information content (AvgIpc) is 3.32. The number of carbonyl (C=O) groups is 1. The standard InChI is InChI=1S/C18H20N6O2/c1-12-17(13(2)22-21-12)16-9-26-8-7-24(16)18(25)14-3-5-15(6-4-14)23-10-19-20-11-23/h3-6,10-11,16H,7-9H2,1-2H3,(H,21,22). The Bertz CT molecular complexity index is 881. The van der Waals surface area contributed by atoms with Gasteiger partial charge in [-0.2, -0.15) is 5.10 Å². The van der Waals surface area contributed by atoms with Crippen molar-refractivity contribution in [3.63, 3.8) is 0 Å². The third-order valence-electron chi connectivity index (χ3n) is 4.74. The molecule has 8 nitrogen and oxygen atoms in total. The molecule has 3 aromatic rings. The monoisotopic (exact) mass is 352 g/mol. The molecule has 1 aliphatic heterocycles. The fourth-order valence-electron chi connectivity index (χ4n) is 3.41. The number of carbonyl (C=O) groups excluding carboxylic acids is 1. The van der Waals surface area contributed by atoms with Crippen LogP contribution in [-0.2, 0) is 4.74 Å². The molecule has 1 aromatic carbocycles. The maximum absolute atomic E-state index is 13.1. The van der Waals surface area contributed by atoms with Gasteiger partial charge in [0, 0.05) is 29.1 Å². The maximum atomic E-state index is 13.1. The number of aromatic nitrogens is 5. The first kappa shape index (κ1) is 16.5. The first-order valence-corrected chi connectivity index (χ1v) is 8.50. The molecule has 0 bridgehead atoms. The SMILES string of the molecule is Cc1n[nH]c(C)c1C1COCCN1C(=O)c1ccc(-n2cnnc2)cc1. The van der Waals surface area contributed by atoms with E-state index in [9.17, 15) is 4.79 Å². The fourth-order valence-corrected chi connectivity index (χ4v) is 3.41. The molecule has 1 aliphatic rings. The normalized spacial score (nSPS) is 17.5. The number of morpholine rings is 1. The minimum Gasteiger partial charge on any atom is -0.377 e. The van der Waals surface area contributed by atoms with E-state index in [1.165, 1.54) is 0 Å². The Labute approximate surface area is 150 Å². The van der Waals surface area contributed by atoms with Gasteiger partial charge in [0.25, 0.3) is 5.91 Å². The molecule has 4 rings (SSSR count). The summed E-state index contributed by atoms with van der Waals surface area (Å²) < 4.78 is 7.44.